The summed E-state index contributed by atoms with van der Waals surface area (Å²) in [5.41, 5.74) is 2.27. The van der Waals surface area contributed by atoms with Crippen molar-refractivity contribution in [2.45, 2.75) is 19.5 Å². The van der Waals surface area contributed by atoms with Gasteiger partial charge in [0.2, 0.25) is 5.91 Å². The van der Waals surface area contributed by atoms with Crippen molar-refractivity contribution in [3.63, 3.8) is 0 Å². The van der Waals surface area contributed by atoms with Crippen molar-refractivity contribution in [1.29, 1.82) is 5.26 Å². The number of hydrogen-bond acceptors (Lipinski definition) is 8. The SMILES string of the molecule is COc1ccc(C#N)cc1-c1nn(CC(=O)N2CCOC[C@@H]2C)cc1NC(=O)c1cnn2cccnc12. The number of ether oxygens (including phenoxy) is 2. The van der Waals surface area contributed by atoms with Crippen molar-refractivity contribution < 1.29 is 19.1 Å². The third kappa shape index (κ3) is 4.72. The first-order valence-electron chi connectivity index (χ1n) is 11.6. The fourth-order valence-corrected chi connectivity index (χ4v) is 4.26. The maximum atomic E-state index is 13.3. The second-order valence-corrected chi connectivity index (χ2v) is 8.53. The molecule has 188 valence electrons. The molecule has 1 saturated heterocycles. The van der Waals surface area contributed by atoms with Crippen LogP contribution in [-0.4, -0.2) is 74.0 Å². The molecule has 1 N–H and O–H groups in total. The third-order valence-electron chi connectivity index (χ3n) is 6.10. The zero-order chi connectivity index (χ0) is 25.9. The van der Waals surface area contributed by atoms with E-state index in [0.29, 0.717) is 53.7 Å². The molecule has 0 bridgehead atoms. The van der Waals surface area contributed by atoms with E-state index in [4.69, 9.17) is 9.47 Å². The van der Waals surface area contributed by atoms with Gasteiger partial charge in [0.15, 0.2) is 5.65 Å². The normalized spacial score (nSPS) is 15.4. The Morgan fingerprint density at radius 2 is 2.22 bits per heavy atom. The summed E-state index contributed by atoms with van der Waals surface area (Å²) in [4.78, 5) is 32.3. The van der Waals surface area contributed by atoms with Gasteiger partial charge in [-0.25, -0.2) is 9.50 Å². The average molecular weight is 501 g/mol. The van der Waals surface area contributed by atoms with Crippen LogP contribution in [0.1, 0.15) is 22.8 Å². The lowest BCUT2D eigenvalue weighted by Gasteiger charge is -2.33. The smallest absolute Gasteiger partial charge is 0.261 e. The number of carbonyl (C=O) groups excluding carboxylic acids is 2. The Balaban J connectivity index is 1.52. The Hall–Kier alpha value is -4.76. The molecule has 1 fully saturated rings. The number of rotatable bonds is 6. The van der Waals surface area contributed by atoms with Crippen LogP contribution in [0.2, 0.25) is 0 Å². The highest BCUT2D eigenvalue weighted by molar-refractivity contribution is 6.09. The standard InChI is InChI=1S/C25H24N8O4/c1-16-15-37-9-8-32(16)22(34)14-31-13-20(23(30-31)18-10-17(11-26)4-5-21(18)36-2)29-25(35)19-12-28-33-7-3-6-27-24(19)33/h3-7,10,12-13,16H,8-9,14-15H2,1-2H3,(H,29,35)/t16-/m0/s1. The lowest BCUT2D eigenvalue weighted by molar-refractivity contribution is -0.139. The van der Waals surface area contributed by atoms with Crippen molar-refractivity contribution in [2.24, 2.45) is 0 Å². The molecule has 1 aliphatic heterocycles. The second-order valence-electron chi connectivity index (χ2n) is 8.53. The molecule has 0 radical (unpaired) electrons. The minimum Gasteiger partial charge on any atom is -0.496 e. The predicted octanol–water partition coefficient (Wildman–Crippen LogP) is 1.97. The van der Waals surface area contributed by atoms with Gasteiger partial charge in [0.25, 0.3) is 5.91 Å². The maximum Gasteiger partial charge on any atom is 0.261 e. The highest BCUT2D eigenvalue weighted by Crippen LogP contribution is 2.35. The lowest BCUT2D eigenvalue weighted by atomic mass is 10.1. The Morgan fingerprint density at radius 3 is 3.00 bits per heavy atom. The molecular weight excluding hydrogens is 476 g/mol. The van der Waals surface area contributed by atoms with Gasteiger partial charge in [-0.2, -0.15) is 15.5 Å². The average Bonchev–Trinajstić information content (AvgIpc) is 3.52. The molecule has 0 spiro atoms. The van der Waals surface area contributed by atoms with Crippen LogP contribution in [-0.2, 0) is 16.1 Å². The summed E-state index contributed by atoms with van der Waals surface area (Å²) < 4.78 is 13.9. The Bertz CT molecular complexity index is 1520. The second kappa shape index (κ2) is 10.1. The van der Waals surface area contributed by atoms with Gasteiger partial charge in [-0.15, -0.1) is 0 Å². The van der Waals surface area contributed by atoms with Crippen LogP contribution in [0.15, 0.2) is 49.1 Å². The molecular formula is C25H24N8O4. The zero-order valence-corrected chi connectivity index (χ0v) is 20.3. The number of anilines is 1. The van der Waals surface area contributed by atoms with Gasteiger partial charge in [0, 0.05) is 30.7 Å². The molecule has 37 heavy (non-hydrogen) atoms. The van der Waals surface area contributed by atoms with Gasteiger partial charge >= 0.3 is 0 Å². The number of amides is 2. The van der Waals surface area contributed by atoms with Crippen LogP contribution in [0.4, 0.5) is 5.69 Å². The number of methoxy groups -OCH3 is 1. The topological polar surface area (TPSA) is 140 Å². The summed E-state index contributed by atoms with van der Waals surface area (Å²) in [5, 5.41) is 21.1. The fourth-order valence-electron chi connectivity index (χ4n) is 4.26. The minimum atomic E-state index is -0.446. The summed E-state index contributed by atoms with van der Waals surface area (Å²) in [7, 11) is 1.51. The Labute approximate surface area is 212 Å². The summed E-state index contributed by atoms with van der Waals surface area (Å²) in [5.74, 6) is -0.101. The van der Waals surface area contributed by atoms with E-state index >= 15 is 0 Å². The number of nitriles is 1. The largest absolute Gasteiger partial charge is 0.496 e. The zero-order valence-electron chi connectivity index (χ0n) is 20.3. The molecule has 0 aliphatic carbocycles. The fraction of sp³-hybridized carbons (Fsp3) is 0.280. The first-order valence-corrected chi connectivity index (χ1v) is 11.6. The minimum absolute atomic E-state index is 0.0360. The summed E-state index contributed by atoms with van der Waals surface area (Å²) in [6.45, 7) is 3.35. The molecule has 12 nitrogen and oxygen atoms in total. The third-order valence-corrected chi connectivity index (χ3v) is 6.10. The first-order chi connectivity index (χ1) is 18.0. The van der Waals surface area contributed by atoms with Gasteiger partial charge in [-0.1, -0.05) is 0 Å². The van der Waals surface area contributed by atoms with E-state index in [1.54, 1.807) is 47.8 Å². The van der Waals surface area contributed by atoms with E-state index in [1.165, 1.54) is 22.5 Å². The highest BCUT2D eigenvalue weighted by atomic mass is 16.5. The van der Waals surface area contributed by atoms with Crippen LogP contribution in [0.25, 0.3) is 16.9 Å². The molecule has 4 aromatic rings. The molecule has 3 aromatic heterocycles. The molecule has 12 heteroatoms. The van der Waals surface area contributed by atoms with Crippen molar-refractivity contribution in [1.82, 2.24) is 29.3 Å². The van der Waals surface area contributed by atoms with Crippen molar-refractivity contribution in [3.8, 4) is 23.1 Å². The van der Waals surface area contributed by atoms with E-state index in [1.807, 2.05) is 6.92 Å². The van der Waals surface area contributed by atoms with Crippen LogP contribution in [0.5, 0.6) is 5.75 Å². The Morgan fingerprint density at radius 1 is 1.35 bits per heavy atom. The van der Waals surface area contributed by atoms with Gasteiger partial charge in [0.1, 0.15) is 23.6 Å². The van der Waals surface area contributed by atoms with Gasteiger partial charge in [-0.05, 0) is 31.2 Å². The van der Waals surface area contributed by atoms with Crippen LogP contribution >= 0.6 is 0 Å². The number of carbonyl (C=O) groups is 2. The molecule has 1 aromatic carbocycles. The number of aromatic nitrogens is 5. The van der Waals surface area contributed by atoms with Crippen molar-refractivity contribution >= 4 is 23.1 Å². The summed E-state index contributed by atoms with van der Waals surface area (Å²) in [6, 6.07) is 8.69. The van der Waals surface area contributed by atoms with Crippen LogP contribution in [0, 0.1) is 11.3 Å². The number of hydrogen-bond donors (Lipinski definition) is 1. The lowest BCUT2D eigenvalue weighted by Crippen LogP contribution is -2.48. The molecule has 0 saturated carbocycles. The predicted molar refractivity (Wildman–Crippen MR) is 132 cm³/mol. The van der Waals surface area contributed by atoms with E-state index in [9.17, 15) is 14.9 Å². The molecule has 1 atom stereocenters. The maximum absolute atomic E-state index is 13.3. The highest BCUT2D eigenvalue weighted by Gasteiger charge is 2.26. The molecule has 1 aliphatic rings. The first kappa shape index (κ1) is 24.0. The molecule has 2 amide bonds. The molecule has 4 heterocycles. The number of nitrogens with zero attached hydrogens (tertiary/aromatic N) is 7. The summed E-state index contributed by atoms with van der Waals surface area (Å²) in [6.07, 6.45) is 6.29. The molecule has 0 unspecified atom stereocenters. The number of fused-ring (bicyclic) bond motifs is 1. The van der Waals surface area contributed by atoms with E-state index in [-0.39, 0.29) is 24.1 Å². The molecule has 5 rings (SSSR count). The van der Waals surface area contributed by atoms with E-state index in [2.05, 4.69) is 26.6 Å². The van der Waals surface area contributed by atoms with Crippen LogP contribution < -0.4 is 10.1 Å². The summed E-state index contributed by atoms with van der Waals surface area (Å²) >= 11 is 0. The quantitative estimate of drug-likeness (QED) is 0.424. The Kier molecular flexibility index (Phi) is 6.53. The monoisotopic (exact) mass is 500 g/mol. The van der Waals surface area contributed by atoms with Crippen molar-refractivity contribution in [3.05, 3.63) is 60.2 Å². The number of benzene rings is 1. The van der Waals surface area contributed by atoms with Gasteiger partial charge < -0.3 is 19.7 Å². The number of morpholine rings is 1. The van der Waals surface area contributed by atoms with E-state index < -0.39 is 5.91 Å². The van der Waals surface area contributed by atoms with Gasteiger partial charge in [-0.3, -0.25) is 14.3 Å². The van der Waals surface area contributed by atoms with Gasteiger partial charge in [0.05, 0.1) is 49.9 Å². The number of nitrogens with one attached hydrogen (secondary N) is 1. The van der Waals surface area contributed by atoms with Crippen molar-refractivity contribution in [2.75, 3.05) is 32.2 Å². The van der Waals surface area contributed by atoms with E-state index in [0.717, 1.165) is 0 Å². The van der Waals surface area contributed by atoms with Crippen LogP contribution in [0.3, 0.4) is 0 Å².